The van der Waals surface area contributed by atoms with E-state index in [9.17, 15) is 30.3 Å². The molecule has 0 saturated carbocycles. The van der Waals surface area contributed by atoms with E-state index in [1.807, 2.05) is 0 Å². The zero-order chi connectivity index (χ0) is 34.5. The predicted octanol–water partition coefficient (Wildman–Crippen LogP) is 6.83. The average molecular weight is 674 g/mol. The largest absolute Gasteiger partial charge is 0.394 e. The van der Waals surface area contributed by atoms with Crippen LogP contribution in [0.5, 0.6) is 0 Å². The van der Waals surface area contributed by atoms with E-state index in [1.54, 1.807) is 0 Å². The predicted molar refractivity (Wildman–Crippen MR) is 189 cm³/mol. The van der Waals surface area contributed by atoms with Crippen LogP contribution in [0.25, 0.3) is 0 Å². The van der Waals surface area contributed by atoms with E-state index < -0.39 is 49.5 Å². The van der Waals surface area contributed by atoms with Gasteiger partial charge in [-0.25, -0.2) is 0 Å². The minimum Gasteiger partial charge on any atom is -0.394 e. The number of hydrogen-bond acceptors (Lipinski definition) is 8. The molecule has 0 spiro atoms. The Morgan fingerprint density at radius 2 is 1.06 bits per heavy atom. The summed E-state index contributed by atoms with van der Waals surface area (Å²) in [6.07, 6.45) is 22.6. The number of hydrogen-bond donors (Lipinski definition) is 6. The highest BCUT2D eigenvalue weighted by Crippen LogP contribution is 2.23. The van der Waals surface area contributed by atoms with Crippen molar-refractivity contribution in [2.75, 3.05) is 13.2 Å². The summed E-state index contributed by atoms with van der Waals surface area (Å²) >= 11 is 0. The van der Waals surface area contributed by atoms with Gasteiger partial charge in [0, 0.05) is 6.42 Å². The molecule has 280 valence electrons. The summed E-state index contributed by atoms with van der Waals surface area (Å²) in [6, 6.07) is -0.708. The van der Waals surface area contributed by atoms with Crippen molar-refractivity contribution in [3.05, 3.63) is 0 Å². The molecule has 1 fully saturated rings. The zero-order valence-corrected chi connectivity index (χ0v) is 30.3. The summed E-state index contributed by atoms with van der Waals surface area (Å²) in [4.78, 5) is 12.9. The van der Waals surface area contributed by atoms with Crippen molar-refractivity contribution in [1.29, 1.82) is 0 Å². The normalized spacial score (nSPS) is 22.7. The fraction of sp³-hybridized carbons (Fsp3) is 0.974. The number of unbranched alkanes of at least 4 members (excludes halogenated alkanes) is 22. The Hall–Kier alpha value is -0.810. The molecule has 0 aromatic rings. The van der Waals surface area contributed by atoms with Gasteiger partial charge in [-0.1, -0.05) is 162 Å². The Bertz CT molecular complexity index is 711. The molecule has 2 unspecified atom stereocenters. The third-order valence-corrected chi connectivity index (χ3v) is 9.71. The minimum atomic E-state index is -1.55. The van der Waals surface area contributed by atoms with E-state index in [0.717, 1.165) is 38.5 Å². The minimum absolute atomic E-state index is 0.133. The number of aliphatic hydroxyl groups is 5. The van der Waals surface area contributed by atoms with Gasteiger partial charge >= 0.3 is 0 Å². The van der Waals surface area contributed by atoms with Gasteiger partial charge in [-0.15, -0.1) is 0 Å². The summed E-state index contributed by atoms with van der Waals surface area (Å²) in [5, 5.41) is 54.0. The maximum atomic E-state index is 12.9. The number of carbonyl (C=O) groups is 1. The third-order valence-electron chi connectivity index (χ3n) is 9.71. The van der Waals surface area contributed by atoms with E-state index in [2.05, 4.69) is 19.2 Å². The lowest BCUT2D eigenvalue weighted by molar-refractivity contribution is -0.302. The Labute approximate surface area is 287 Å². The molecule has 1 aliphatic heterocycles. The van der Waals surface area contributed by atoms with Gasteiger partial charge in [0.2, 0.25) is 5.91 Å². The number of amides is 1. The van der Waals surface area contributed by atoms with Crippen molar-refractivity contribution in [1.82, 2.24) is 5.32 Å². The monoisotopic (exact) mass is 674 g/mol. The number of nitrogens with one attached hydrogen (secondary N) is 1. The van der Waals surface area contributed by atoms with E-state index in [0.29, 0.717) is 12.8 Å². The molecule has 7 atom stereocenters. The second kappa shape index (κ2) is 30.1. The van der Waals surface area contributed by atoms with Crippen LogP contribution in [0.1, 0.15) is 181 Å². The van der Waals surface area contributed by atoms with Gasteiger partial charge in [-0.05, 0) is 12.8 Å². The molecule has 9 nitrogen and oxygen atoms in total. The molecule has 47 heavy (non-hydrogen) atoms. The molecule has 0 aromatic carbocycles. The molecule has 0 aliphatic carbocycles. The molecule has 1 rings (SSSR count). The lowest BCUT2D eigenvalue weighted by Gasteiger charge is -2.40. The first-order chi connectivity index (χ1) is 22.8. The molecule has 1 heterocycles. The molecule has 1 saturated heterocycles. The van der Waals surface area contributed by atoms with Crippen LogP contribution < -0.4 is 5.32 Å². The van der Waals surface area contributed by atoms with E-state index in [-0.39, 0.29) is 12.5 Å². The van der Waals surface area contributed by atoms with Gasteiger partial charge in [-0.3, -0.25) is 4.79 Å². The highest BCUT2D eigenvalue weighted by molar-refractivity contribution is 5.76. The van der Waals surface area contributed by atoms with Crippen molar-refractivity contribution >= 4 is 5.91 Å². The Balaban J connectivity index is 2.37. The Morgan fingerprint density at radius 1 is 0.638 bits per heavy atom. The van der Waals surface area contributed by atoms with Crippen LogP contribution in [0.4, 0.5) is 0 Å². The quantitative estimate of drug-likeness (QED) is 0.0426. The SMILES string of the molecule is CCCCCCCCCCCCCCCCCC(=O)N[C@@H](CO[C@H]1O[C@@H](CO)[C@H](O)C(O)C1O)[C@H](O)CCCCCCCCCCC. The molecule has 0 bridgehead atoms. The van der Waals surface area contributed by atoms with Crippen LogP contribution in [0.15, 0.2) is 0 Å². The van der Waals surface area contributed by atoms with Gasteiger partial charge in [0.05, 0.1) is 25.4 Å². The summed E-state index contributed by atoms with van der Waals surface area (Å²) in [5.74, 6) is -0.145. The summed E-state index contributed by atoms with van der Waals surface area (Å²) < 4.78 is 11.2. The fourth-order valence-corrected chi connectivity index (χ4v) is 6.45. The van der Waals surface area contributed by atoms with Crippen LogP contribution in [-0.2, 0) is 14.3 Å². The van der Waals surface area contributed by atoms with Crippen molar-refractivity contribution in [2.24, 2.45) is 0 Å². The van der Waals surface area contributed by atoms with Gasteiger partial charge in [0.1, 0.15) is 24.4 Å². The Morgan fingerprint density at radius 3 is 1.51 bits per heavy atom. The second-order valence-electron chi connectivity index (χ2n) is 14.1. The molecule has 0 aromatic heterocycles. The first-order valence-electron chi connectivity index (χ1n) is 19.7. The zero-order valence-electron chi connectivity index (χ0n) is 30.3. The van der Waals surface area contributed by atoms with E-state index >= 15 is 0 Å². The maximum Gasteiger partial charge on any atom is 0.220 e. The van der Waals surface area contributed by atoms with Crippen molar-refractivity contribution in [3.63, 3.8) is 0 Å². The van der Waals surface area contributed by atoms with Gasteiger partial charge in [0.15, 0.2) is 6.29 Å². The second-order valence-corrected chi connectivity index (χ2v) is 14.1. The smallest absolute Gasteiger partial charge is 0.220 e. The molecule has 6 N–H and O–H groups in total. The lowest BCUT2D eigenvalue weighted by Crippen LogP contribution is -2.60. The first kappa shape index (κ1) is 44.2. The highest BCUT2D eigenvalue weighted by atomic mass is 16.7. The summed E-state index contributed by atoms with van der Waals surface area (Å²) in [5.41, 5.74) is 0. The molecule has 1 aliphatic rings. The van der Waals surface area contributed by atoms with E-state index in [4.69, 9.17) is 9.47 Å². The maximum absolute atomic E-state index is 12.9. The van der Waals surface area contributed by atoms with Crippen LogP contribution in [0.3, 0.4) is 0 Å². The van der Waals surface area contributed by atoms with Crippen molar-refractivity contribution in [2.45, 2.75) is 224 Å². The van der Waals surface area contributed by atoms with Gasteiger partial charge in [0.25, 0.3) is 0 Å². The van der Waals surface area contributed by atoms with Crippen molar-refractivity contribution in [3.8, 4) is 0 Å². The van der Waals surface area contributed by atoms with Crippen LogP contribution >= 0.6 is 0 Å². The number of aliphatic hydroxyl groups excluding tert-OH is 5. The lowest BCUT2D eigenvalue weighted by atomic mass is 9.99. The highest BCUT2D eigenvalue weighted by Gasteiger charge is 2.44. The molecular formula is C38H75NO8. The third kappa shape index (κ3) is 21.8. The molecule has 9 heteroatoms. The first-order valence-corrected chi connectivity index (χ1v) is 19.7. The van der Waals surface area contributed by atoms with Crippen LogP contribution in [0, 0.1) is 0 Å². The standard InChI is InChI=1S/C38H75NO8/c1-3-5-7-9-11-13-14-15-16-17-18-20-22-24-26-28-34(42)39-31(32(41)27-25-23-21-19-12-10-8-6-4-2)30-46-38-37(45)36(44)35(43)33(29-40)47-38/h31-33,35-38,40-41,43-45H,3-30H2,1-2H3,(H,39,42)/t31-,32+,33-,35-,36?,37?,38-/m0/s1. The van der Waals surface area contributed by atoms with E-state index in [1.165, 1.54) is 116 Å². The summed E-state index contributed by atoms with van der Waals surface area (Å²) in [7, 11) is 0. The van der Waals surface area contributed by atoms with Crippen molar-refractivity contribution < 1.29 is 39.8 Å². The average Bonchev–Trinajstić information content (AvgIpc) is 3.07. The van der Waals surface area contributed by atoms with Crippen LogP contribution in [0.2, 0.25) is 0 Å². The Kier molecular flexibility index (Phi) is 28.3. The number of ether oxygens (including phenoxy) is 2. The van der Waals surface area contributed by atoms with Crippen LogP contribution in [-0.4, -0.2) is 87.5 Å². The number of rotatable bonds is 32. The number of carbonyl (C=O) groups excluding carboxylic acids is 1. The topological polar surface area (TPSA) is 149 Å². The molecule has 0 radical (unpaired) electrons. The molecular weight excluding hydrogens is 598 g/mol. The fourth-order valence-electron chi connectivity index (χ4n) is 6.45. The van der Waals surface area contributed by atoms with Gasteiger partial charge < -0.3 is 40.3 Å². The van der Waals surface area contributed by atoms with Gasteiger partial charge in [-0.2, -0.15) is 0 Å². The molecule has 1 amide bonds. The summed E-state index contributed by atoms with van der Waals surface area (Å²) in [6.45, 7) is 3.80.